The van der Waals surface area contributed by atoms with Gasteiger partial charge >= 0.3 is 0 Å². The Morgan fingerprint density at radius 2 is 1.50 bits per heavy atom. The lowest BCUT2D eigenvalue weighted by Crippen LogP contribution is -2.24. The van der Waals surface area contributed by atoms with Crippen LogP contribution in [-0.4, -0.2) is 19.3 Å². The molecule has 2 aromatic rings. The molecule has 20 heavy (non-hydrogen) atoms. The third-order valence-electron chi connectivity index (χ3n) is 3.58. The van der Waals surface area contributed by atoms with Crippen LogP contribution in [0.3, 0.4) is 0 Å². The number of aliphatic hydroxyl groups is 1. The van der Waals surface area contributed by atoms with Crippen molar-refractivity contribution >= 4 is 0 Å². The molecular formula is C17H20O3. The van der Waals surface area contributed by atoms with Gasteiger partial charge in [-0.3, -0.25) is 0 Å². The van der Waals surface area contributed by atoms with Gasteiger partial charge in [-0.15, -0.1) is 0 Å². The van der Waals surface area contributed by atoms with Gasteiger partial charge in [0, 0.05) is 6.07 Å². The average Bonchev–Trinajstić information content (AvgIpc) is 2.46. The second kappa shape index (κ2) is 5.55. The van der Waals surface area contributed by atoms with Crippen LogP contribution < -0.4 is 9.47 Å². The SMILES string of the molecule is COc1cc(OC)cc(C(C)(O)c2ccccc2C)c1. The number of hydrogen-bond donors (Lipinski definition) is 1. The summed E-state index contributed by atoms with van der Waals surface area (Å²) in [7, 11) is 3.20. The number of ether oxygens (including phenoxy) is 2. The summed E-state index contributed by atoms with van der Waals surface area (Å²) < 4.78 is 10.5. The van der Waals surface area contributed by atoms with Crippen LogP contribution in [0.25, 0.3) is 0 Å². The number of benzene rings is 2. The Labute approximate surface area is 119 Å². The highest BCUT2D eigenvalue weighted by Gasteiger charge is 2.28. The van der Waals surface area contributed by atoms with Crippen LogP contribution >= 0.6 is 0 Å². The highest BCUT2D eigenvalue weighted by molar-refractivity contribution is 5.46. The van der Waals surface area contributed by atoms with Crippen molar-refractivity contribution in [3.63, 3.8) is 0 Å². The van der Waals surface area contributed by atoms with E-state index in [-0.39, 0.29) is 0 Å². The van der Waals surface area contributed by atoms with Crippen molar-refractivity contribution in [1.29, 1.82) is 0 Å². The summed E-state index contributed by atoms with van der Waals surface area (Å²) in [4.78, 5) is 0. The van der Waals surface area contributed by atoms with Crippen LogP contribution in [0.2, 0.25) is 0 Å². The Hall–Kier alpha value is -2.00. The highest BCUT2D eigenvalue weighted by atomic mass is 16.5. The number of rotatable bonds is 4. The van der Waals surface area contributed by atoms with Crippen molar-refractivity contribution in [2.75, 3.05) is 14.2 Å². The summed E-state index contributed by atoms with van der Waals surface area (Å²) >= 11 is 0. The maximum Gasteiger partial charge on any atom is 0.122 e. The maximum absolute atomic E-state index is 11.0. The standard InChI is InChI=1S/C17H20O3/c1-12-7-5-6-8-16(12)17(2,18)13-9-14(19-3)11-15(10-13)20-4/h5-11,18H,1-4H3. The molecule has 106 valence electrons. The monoisotopic (exact) mass is 272 g/mol. The van der Waals surface area contributed by atoms with Crippen molar-refractivity contribution in [3.8, 4) is 11.5 Å². The minimum atomic E-state index is -1.10. The van der Waals surface area contributed by atoms with E-state index in [0.717, 1.165) is 16.7 Å². The number of hydrogen-bond acceptors (Lipinski definition) is 3. The van der Waals surface area contributed by atoms with Gasteiger partial charge in [0.25, 0.3) is 0 Å². The van der Waals surface area contributed by atoms with Crippen LogP contribution in [0.5, 0.6) is 11.5 Å². The summed E-state index contributed by atoms with van der Waals surface area (Å²) in [6, 6.07) is 13.2. The molecule has 0 heterocycles. The zero-order valence-electron chi connectivity index (χ0n) is 12.3. The van der Waals surface area contributed by atoms with E-state index in [0.29, 0.717) is 11.5 Å². The normalized spacial score (nSPS) is 13.7. The predicted molar refractivity (Wildman–Crippen MR) is 79.4 cm³/mol. The van der Waals surface area contributed by atoms with E-state index in [1.165, 1.54) is 0 Å². The molecule has 3 nitrogen and oxygen atoms in total. The molecule has 0 radical (unpaired) electrons. The zero-order chi connectivity index (χ0) is 14.8. The summed E-state index contributed by atoms with van der Waals surface area (Å²) in [5, 5.41) is 11.0. The molecule has 0 saturated carbocycles. The van der Waals surface area contributed by atoms with Crippen LogP contribution in [0, 0.1) is 6.92 Å². The van der Waals surface area contributed by atoms with Crippen LogP contribution in [0.15, 0.2) is 42.5 Å². The van der Waals surface area contributed by atoms with E-state index >= 15 is 0 Å². The molecule has 1 unspecified atom stereocenters. The smallest absolute Gasteiger partial charge is 0.122 e. The largest absolute Gasteiger partial charge is 0.497 e. The second-order valence-electron chi connectivity index (χ2n) is 4.99. The Bertz CT molecular complexity index is 581. The Morgan fingerprint density at radius 1 is 0.950 bits per heavy atom. The fraction of sp³-hybridized carbons (Fsp3) is 0.294. The van der Waals surface area contributed by atoms with Crippen LogP contribution in [0.4, 0.5) is 0 Å². The van der Waals surface area contributed by atoms with Gasteiger partial charge in [0.2, 0.25) is 0 Å². The van der Waals surface area contributed by atoms with E-state index < -0.39 is 5.60 Å². The summed E-state index contributed by atoms with van der Waals surface area (Å²) in [5.74, 6) is 1.32. The zero-order valence-corrected chi connectivity index (χ0v) is 12.3. The van der Waals surface area contributed by atoms with E-state index in [1.807, 2.05) is 43.3 Å². The molecule has 2 rings (SSSR count). The van der Waals surface area contributed by atoms with E-state index in [4.69, 9.17) is 9.47 Å². The molecular weight excluding hydrogens is 252 g/mol. The highest BCUT2D eigenvalue weighted by Crippen LogP contribution is 2.35. The summed E-state index contributed by atoms with van der Waals surface area (Å²) in [5.41, 5.74) is 1.55. The molecule has 3 heteroatoms. The second-order valence-corrected chi connectivity index (χ2v) is 4.99. The molecule has 1 atom stereocenters. The van der Waals surface area contributed by atoms with Crippen LogP contribution in [0.1, 0.15) is 23.6 Å². The molecule has 0 amide bonds. The van der Waals surface area contributed by atoms with Crippen molar-refractivity contribution in [1.82, 2.24) is 0 Å². The van der Waals surface area contributed by atoms with Gasteiger partial charge in [-0.05, 0) is 42.7 Å². The Kier molecular flexibility index (Phi) is 4.00. The van der Waals surface area contributed by atoms with Crippen LogP contribution in [-0.2, 0) is 5.60 Å². The lowest BCUT2D eigenvalue weighted by atomic mass is 9.85. The van der Waals surface area contributed by atoms with E-state index in [1.54, 1.807) is 27.2 Å². The Morgan fingerprint density at radius 3 is 2.00 bits per heavy atom. The summed E-state index contributed by atoms with van der Waals surface area (Å²) in [6.45, 7) is 3.77. The molecule has 0 aliphatic heterocycles. The lowest BCUT2D eigenvalue weighted by Gasteiger charge is -2.27. The van der Waals surface area contributed by atoms with Crippen molar-refractivity contribution in [2.24, 2.45) is 0 Å². The van der Waals surface area contributed by atoms with Gasteiger partial charge in [-0.1, -0.05) is 24.3 Å². The number of aryl methyl sites for hydroxylation is 1. The minimum Gasteiger partial charge on any atom is -0.497 e. The van der Waals surface area contributed by atoms with Crippen molar-refractivity contribution in [3.05, 3.63) is 59.2 Å². The molecule has 0 fully saturated rings. The van der Waals surface area contributed by atoms with Gasteiger partial charge < -0.3 is 14.6 Å². The van der Waals surface area contributed by atoms with Gasteiger partial charge in [0.15, 0.2) is 0 Å². The van der Waals surface area contributed by atoms with Gasteiger partial charge in [0.05, 0.1) is 14.2 Å². The first-order chi connectivity index (χ1) is 9.48. The van der Waals surface area contributed by atoms with E-state index in [2.05, 4.69) is 0 Å². The first-order valence-corrected chi connectivity index (χ1v) is 6.51. The maximum atomic E-state index is 11.0. The number of methoxy groups -OCH3 is 2. The third kappa shape index (κ3) is 2.63. The van der Waals surface area contributed by atoms with Gasteiger partial charge in [0.1, 0.15) is 17.1 Å². The summed E-state index contributed by atoms with van der Waals surface area (Å²) in [6.07, 6.45) is 0. The molecule has 0 saturated heterocycles. The molecule has 0 aliphatic rings. The fourth-order valence-corrected chi connectivity index (χ4v) is 2.36. The quantitative estimate of drug-likeness (QED) is 0.928. The first kappa shape index (κ1) is 14.4. The van der Waals surface area contributed by atoms with Crippen molar-refractivity contribution in [2.45, 2.75) is 19.4 Å². The topological polar surface area (TPSA) is 38.7 Å². The fourth-order valence-electron chi connectivity index (χ4n) is 2.36. The van der Waals surface area contributed by atoms with Gasteiger partial charge in [-0.25, -0.2) is 0 Å². The molecule has 0 aliphatic carbocycles. The molecule has 0 bridgehead atoms. The molecule has 0 spiro atoms. The van der Waals surface area contributed by atoms with Gasteiger partial charge in [-0.2, -0.15) is 0 Å². The Balaban J connectivity index is 2.56. The minimum absolute atomic E-state index is 0.660. The van der Waals surface area contributed by atoms with Crippen molar-refractivity contribution < 1.29 is 14.6 Å². The molecule has 0 aromatic heterocycles. The third-order valence-corrected chi connectivity index (χ3v) is 3.58. The molecule has 1 N–H and O–H groups in total. The average molecular weight is 272 g/mol. The molecule has 2 aromatic carbocycles. The predicted octanol–water partition coefficient (Wildman–Crippen LogP) is 3.27. The lowest BCUT2D eigenvalue weighted by molar-refractivity contribution is 0.101. The van der Waals surface area contributed by atoms with E-state index in [9.17, 15) is 5.11 Å². The first-order valence-electron chi connectivity index (χ1n) is 6.51.